The molecule has 0 spiro atoms. The van der Waals surface area contributed by atoms with Gasteiger partial charge in [-0.1, -0.05) is 36.4 Å². The first kappa shape index (κ1) is 12.8. The van der Waals surface area contributed by atoms with Crippen molar-refractivity contribution in [3.05, 3.63) is 54.6 Å². The van der Waals surface area contributed by atoms with E-state index in [1.807, 2.05) is 48.5 Å². The fourth-order valence-corrected chi connectivity index (χ4v) is 2.97. The Bertz CT molecular complexity index is 811. The number of fused-ring (bicyclic) bond motifs is 2. The summed E-state index contributed by atoms with van der Waals surface area (Å²) in [6.07, 6.45) is -3.61. The maximum atomic E-state index is 11.4. The monoisotopic (exact) mass is 310 g/mol. The minimum atomic E-state index is -3.61. The predicted octanol–water partition coefficient (Wildman–Crippen LogP) is 5.96. The van der Waals surface area contributed by atoms with Crippen LogP contribution >= 0.6 is 28.6 Å². The zero-order valence-corrected chi connectivity index (χ0v) is 12.1. The SMILES string of the molecule is O=P(Cl)(Cl)Oc1cccc2cc3ccccc3cc12. The normalized spacial score (nSPS) is 11.9. The summed E-state index contributed by atoms with van der Waals surface area (Å²) >= 11 is 11.0. The van der Waals surface area contributed by atoms with Gasteiger partial charge in [-0.25, -0.2) is 4.57 Å². The zero-order valence-electron chi connectivity index (χ0n) is 9.72. The van der Waals surface area contributed by atoms with Gasteiger partial charge in [-0.05, 0) is 34.4 Å². The molecule has 3 aromatic rings. The van der Waals surface area contributed by atoms with Crippen molar-refractivity contribution in [2.24, 2.45) is 0 Å². The zero-order chi connectivity index (χ0) is 13.5. The fourth-order valence-electron chi connectivity index (χ4n) is 2.13. The van der Waals surface area contributed by atoms with Crippen molar-refractivity contribution in [2.45, 2.75) is 0 Å². The number of benzene rings is 3. The van der Waals surface area contributed by atoms with E-state index in [1.54, 1.807) is 6.07 Å². The van der Waals surface area contributed by atoms with Crippen LogP contribution in [0.2, 0.25) is 0 Å². The summed E-state index contributed by atoms with van der Waals surface area (Å²) in [5.41, 5.74) is 0. The highest BCUT2D eigenvalue weighted by atomic mass is 35.9. The molecule has 0 amide bonds. The highest BCUT2D eigenvalue weighted by Gasteiger charge is 2.17. The van der Waals surface area contributed by atoms with Crippen LogP contribution < -0.4 is 4.52 Å². The molecule has 0 saturated carbocycles. The summed E-state index contributed by atoms with van der Waals surface area (Å²) in [6.45, 7) is 0. The quantitative estimate of drug-likeness (QED) is 0.431. The topological polar surface area (TPSA) is 26.3 Å². The molecule has 0 fully saturated rings. The van der Waals surface area contributed by atoms with E-state index in [-0.39, 0.29) is 0 Å². The second-order valence-electron chi connectivity index (χ2n) is 4.18. The van der Waals surface area contributed by atoms with Gasteiger partial charge in [0.25, 0.3) is 0 Å². The van der Waals surface area contributed by atoms with E-state index < -0.39 is 6.07 Å². The molecule has 0 unspecified atom stereocenters. The molecule has 0 radical (unpaired) electrons. The maximum Gasteiger partial charge on any atom is 0.428 e. The van der Waals surface area contributed by atoms with Crippen LogP contribution in [-0.4, -0.2) is 0 Å². The van der Waals surface area contributed by atoms with Crippen LogP contribution in [0.15, 0.2) is 54.6 Å². The van der Waals surface area contributed by atoms with Gasteiger partial charge in [0.15, 0.2) is 0 Å². The third kappa shape index (κ3) is 2.71. The Labute approximate surface area is 119 Å². The molecule has 0 atom stereocenters. The molecule has 96 valence electrons. The third-order valence-electron chi connectivity index (χ3n) is 2.91. The van der Waals surface area contributed by atoms with Crippen LogP contribution in [0.25, 0.3) is 21.5 Å². The first-order valence-electron chi connectivity index (χ1n) is 5.63. The van der Waals surface area contributed by atoms with Crippen molar-refractivity contribution >= 4 is 50.1 Å². The third-order valence-corrected chi connectivity index (χ3v) is 3.73. The number of hydrogen-bond acceptors (Lipinski definition) is 2. The molecule has 0 aromatic heterocycles. The molecule has 0 aliphatic carbocycles. The Kier molecular flexibility index (Phi) is 3.18. The van der Waals surface area contributed by atoms with Gasteiger partial charge in [-0.3, -0.25) is 0 Å². The average Bonchev–Trinajstić information content (AvgIpc) is 2.35. The standard InChI is InChI=1S/C14H9Cl2O2P/c15-19(16,17)18-14-7-3-6-12-8-10-4-1-2-5-11(10)9-13(12)14/h1-9H. The van der Waals surface area contributed by atoms with Crippen LogP contribution in [-0.2, 0) is 4.57 Å². The first-order valence-corrected chi connectivity index (χ1v) is 9.07. The van der Waals surface area contributed by atoms with Crippen LogP contribution in [0, 0.1) is 0 Å². The summed E-state index contributed by atoms with van der Waals surface area (Å²) in [5.74, 6) is 0.427. The molecule has 0 aliphatic rings. The van der Waals surface area contributed by atoms with Crippen LogP contribution in [0.4, 0.5) is 0 Å². The number of halogens is 2. The Hall–Kier alpha value is -1.21. The molecule has 0 bridgehead atoms. The number of hydrogen-bond donors (Lipinski definition) is 0. The van der Waals surface area contributed by atoms with Gasteiger partial charge in [0.1, 0.15) is 5.75 Å². The molecule has 0 aliphatic heterocycles. The molecular weight excluding hydrogens is 302 g/mol. The average molecular weight is 311 g/mol. The van der Waals surface area contributed by atoms with Crippen molar-refractivity contribution < 1.29 is 9.09 Å². The summed E-state index contributed by atoms with van der Waals surface area (Å²) in [6, 6.07) is 17.5. The summed E-state index contributed by atoms with van der Waals surface area (Å²) in [4.78, 5) is 0. The molecular formula is C14H9Cl2O2P. The van der Waals surface area contributed by atoms with Crippen LogP contribution in [0.5, 0.6) is 5.75 Å². The molecule has 5 heteroatoms. The molecule has 0 saturated heterocycles. The number of rotatable bonds is 2. The molecule has 2 nitrogen and oxygen atoms in total. The maximum absolute atomic E-state index is 11.4. The van der Waals surface area contributed by atoms with Gasteiger partial charge in [-0.15, -0.1) is 0 Å². The molecule has 0 N–H and O–H groups in total. The lowest BCUT2D eigenvalue weighted by Crippen LogP contribution is -1.84. The van der Waals surface area contributed by atoms with E-state index in [1.165, 1.54) is 0 Å². The van der Waals surface area contributed by atoms with Gasteiger partial charge in [0, 0.05) is 27.9 Å². The Balaban J connectivity index is 2.29. The van der Waals surface area contributed by atoms with E-state index in [0.717, 1.165) is 21.5 Å². The predicted molar refractivity (Wildman–Crippen MR) is 81.4 cm³/mol. The summed E-state index contributed by atoms with van der Waals surface area (Å²) in [7, 11) is 0. The van der Waals surface area contributed by atoms with Gasteiger partial charge >= 0.3 is 6.07 Å². The van der Waals surface area contributed by atoms with E-state index >= 15 is 0 Å². The Morgan fingerprint density at radius 2 is 1.47 bits per heavy atom. The van der Waals surface area contributed by atoms with Gasteiger partial charge < -0.3 is 4.52 Å². The molecule has 19 heavy (non-hydrogen) atoms. The lowest BCUT2D eigenvalue weighted by atomic mass is 10.0. The van der Waals surface area contributed by atoms with E-state index in [9.17, 15) is 4.57 Å². The van der Waals surface area contributed by atoms with Crippen LogP contribution in [0.1, 0.15) is 0 Å². The highest BCUT2D eigenvalue weighted by Crippen LogP contribution is 2.57. The Morgan fingerprint density at radius 1 is 0.842 bits per heavy atom. The summed E-state index contributed by atoms with van der Waals surface area (Å²) < 4.78 is 16.6. The van der Waals surface area contributed by atoms with E-state index in [4.69, 9.17) is 27.0 Å². The lowest BCUT2D eigenvalue weighted by Gasteiger charge is -2.10. The van der Waals surface area contributed by atoms with Crippen molar-refractivity contribution in [1.29, 1.82) is 0 Å². The second kappa shape index (κ2) is 4.72. The van der Waals surface area contributed by atoms with E-state index in [0.29, 0.717) is 5.75 Å². The first-order chi connectivity index (χ1) is 9.03. The van der Waals surface area contributed by atoms with Crippen molar-refractivity contribution in [3.63, 3.8) is 0 Å². The van der Waals surface area contributed by atoms with Crippen molar-refractivity contribution in [1.82, 2.24) is 0 Å². The molecule has 3 rings (SSSR count). The van der Waals surface area contributed by atoms with Gasteiger partial charge in [0.2, 0.25) is 0 Å². The Morgan fingerprint density at radius 3 is 2.16 bits per heavy atom. The van der Waals surface area contributed by atoms with Crippen LogP contribution in [0.3, 0.4) is 0 Å². The van der Waals surface area contributed by atoms with Gasteiger partial charge in [-0.2, -0.15) is 0 Å². The summed E-state index contributed by atoms with van der Waals surface area (Å²) in [5, 5.41) is 4.03. The fraction of sp³-hybridized carbons (Fsp3) is 0. The van der Waals surface area contributed by atoms with Crippen molar-refractivity contribution in [3.8, 4) is 5.75 Å². The second-order valence-corrected chi connectivity index (χ2v) is 8.38. The minimum absolute atomic E-state index is 0.427. The van der Waals surface area contributed by atoms with Gasteiger partial charge in [0.05, 0.1) is 0 Å². The molecule has 0 heterocycles. The minimum Gasteiger partial charge on any atom is -0.422 e. The van der Waals surface area contributed by atoms with E-state index in [2.05, 4.69) is 0 Å². The molecule has 3 aromatic carbocycles. The largest absolute Gasteiger partial charge is 0.428 e. The highest BCUT2D eigenvalue weighted by molar-refractivity contribution is 8.05. The van der Waals surface area contributed by atoms with Crippen molar-refractivity contribution in [2.75, 3.05) is 0 Å². The smallest absolute Gasteiger partial charge is 0.422 e. The lowest BCUT2D eigenvalue weighted by molar-refractivity contribution is 0.516.